The average Bonchev–Trinajstić information content (AvgIpc) is 2.99. The van der Waals surface area contributed by atoms with Gasteiger partial charge < -0.3 is 19.7 Å². The van der Waals surface area contributed by atoms with E-state index in [9.17, 15) is 0 Å². The summed E-state index contributed by atoms with van der Waals surface area (Å²) in [7, 11) is 3.76. The van der Waals surface area contributed by atoms with Crippen molar-refractivity contribution >= 4 is 5.96 Å². The molecular formula is C15H21N3O2. The smallest absolute Gasteiger partial charge is 0.194 e. The Kier molecular flexibility index (Phi) is 3.42. The zero-order valence-electron chi connectivity index (χ0n) is 12.3. The van der Waals surface area contributed by atoms with Crippen molar-refractivity contribution in [2.75, 3.05) is 27.2 Å². The molecule has 1 N–H and O–H groups in total. The molecular weight excluding hydrogens is 254 g/mol. The van der Waals surface area contributed by atoms with Gasteiger partial charge in [0.15, 0.2) is 5.96 Å². The summed E-state index contributed by atoms with van der Waals surface area (Å²) in [6.07, 6.45) is 1.21. The van der Waals surface area contributed by atoms with Crippen molar-refractivity contribution in [1.82, 2.24) is 10.2 Å². The molecule has 0 bridgehead atoms. The van der Waals surface area contributed by atoms with Crippen LogP contribution in [0, 0.1) is 0 Å². The summed E-state index contributed by atoms with van der Waals surface area (Å²) in [5, 5.41) is 3.37. The van der Waals surface area contributed by atoms with Crippen LogP contribution < -0.4 is 14.8 Å². The zero-order valence-corrected chi connectivity index (χ0v) is 12.3. The minimum absolute atomic E-state index is 0.253. The third kappa shape index (κ3) is 2.40. The van der Waals surface area contributed by atoms with E-state index in [1.54, 1.807) is 7.11 Å². The monoisotopic (exact) mass is 275 g/mol. The molecule has 1 aromatic rings. The van der Waals surface area contributed by atoms with Gasteiger partial charge in [-0.25, -0.2) is 0 Å². The predicted molar refractivity (Wildman–Crippen MR) is 78.6 cm³/mol. The molecule has 3 rings (SSSR count). The van der Waals surface area contributed by atoms with E-state index in [2.05, 4.69) is 34.3 Å². The Morgan fingerprint density at radius 1 is 1.50 bits per heavy atom. The molecule has 0 aromatic heterocycles. The van der Waals surface area contributed by atoms with Gasteiger partial charge in [-0.1, -0.05) is 0 Å². The number of nitrogens with zero attached hydrogens (tertiary/aromatic N) is 2. The zero-order chi connectivity index (χ0) is 14.1. The van der Waals surface area contributed by atoms with Crippen LogP contribution in [0.5, 0.6) is 11.5 Å². The van der Waals surface area contributed by atoms with E-state index >= 15 is 0 Å². The first kappa shape index (κ1) is 13.1. The second kappa shape index (κ2) is 5.23. The van der Waals surface area contributed by atoms with Gasteiger partial charge in [0.25, 0.3) is 0 Å². The van der Waals surface area contributed by atoms with Gasteiger partial charge in [0.05, 0.1) is 13.7 Å². The van der Waals surface area contributed by atoms with Crippen LogP contribution in [0.4, 0.5) is 0 Å². The van der Waals surface area contributed by atoms with Crippen LogP contribution in [0.3, 0.4) is 0 Å². The van der Waals surface area contributed by atoms with Crippen LogP contribution >= 0.6 is 0 Å². The van der Waals surface area contributed by atoms with E-state index < -0.39 is 0 Å². The highest BCUT2D eigenvalue weighted by Crippen LogP contribution is 2.34. The standard InChI is InChI=1S/C15H21N3O2/c1-10-6-11-7-13(19-3)12(8-14(11)20-10)9-17-15-16-4-5-18(15)2/h7-8,10H,4-6,9H2,1-3H3,(H,16,17). The summed E-state index contributed by atoms with van der Waals surface area (Å²) in [4.78, 5) is 6.55. The first-order valence-corrected chi connectivity index (χ1v) is 7.03. The van der Waals surface area contributed by atoms with Crippen LogP contribution in [0.2, 0.25) is 0 Å². The molecule has 108 valence electrons. The Bertz CT molecular complexity index is 542. The number of benzene rings is 1. The van der Waals surface area contributed by atoms with Gasteiger partial charge in [0.2, 0.25) is 0 Å². The van der Waals surface area contributed by atoms with Crippen LogP contribution in [-0.2, 0) is 13.0 Å². The Hall–Kier alpha value is -1.91. The van der Waals surface area contributed by atoms with Gasteiger partial charge >= 0.3 is 0 Å². The van der Waals surface area contributed by atoms with Crippen molar-refractivity contribution in [2.24, 2.45) is 4.99 Å². The Balaban J connectivity index is 1.77. The molecule has 20 heavy (non-hydrogen) atoms. The Morgan fingerprint density at radius 2 is 2.35 bits per heavy atom. The lowest BCUT2D eigenvalue weighted by Crippen LogP contribution is -2.35. The number of hydrogen-bond donors (Lipinski definition) is 1. The van der Waals surface area contributed by atoms with E-state index in [0.29, 0.717) is 6.54 Å². The lowest BCUT2D eigenvalue weighted by Gasteiger charge is -2.17. The van der Waals surface area contributed by atoms with Crippen molar-refractivity contribution in [3.05, 3.63) is 23.3 Å². The fraction of sp³-hybridized carbons (Fsp3) is 0.533. The van der Waals surface area contributed by atoms with Gasteiger partial charge in [-0.3, -0.25) is 4.99 Å². The second-order valence-corrected chi connectivity index (χ2v) is 5.38. The van der Waals surface area contributed by atoms with Crippen molar-refractivity contribution in [1.29, 1.82) is 0 Å². The molecule has 0 saturated heterocycles. The van der Waals surface area contributed by atoms with Gasteiger partial charge in [0, 0.05) is 37.7 Å². The Morgan fingerprint density at radius 3 is 3.05 bits per heavy atom. The third-order valence-corrected chi connectivity index (χ3v) is 3.79. The highest BCUT2D eigenvalue weighted by molar-refractivity contribution is 5.81. The first-order chi connectivity index (χ1) is 9.67. The number of fused-ring (bicyclic) bond motifs is 1. The number of methoxy groups -OCH3 is 1. The summed E-state index contributed by atoms with van der Waals surface area (Å²) < 4.78 is 11.3. The largest absolute Gasteiger partial charge is 0.496 e. The quantitative estimate of drug-likeness (QED) is 0.906. The number of rotatable bonds is 3. The molecule has 2 aliphatic heterocycles. The van der Waals surface area contributed by atoms with Crippen LogP contribution in [0.25, 0.3) is 0 Å². The number of guanidine groups is 1. The maximum Gasteiger partial charge on any atom is 0.194 e. The lowest BCUT2D eigenvalue weighted by atomic mass is 10.1. The van der Waals surface area contributed by atoms with Crippen LogP contribution in [-0.4, -0.2) is 44.2 Å². The average molecular weight is 275 g/mol. The highest BCUT2D eigenvalue weighted by Gasteiger charge is 2.22. The van der Waals surface area contributed by atoms with E-state index in [0.717, 1.165) is 42.5 Å². The molecule has 5 heteroatoms. The molecule has 0 saturated carbocycles. The number of aliphatic imine (C=N–C) groups is 1. The molecule has 2 aliphatic rings. The first-order valence-electron chi connectivity index (χ1n) is 7.03. The minimum atomic E-state index is 0.253. The summed E-state index contributed by atoms with van der Waals surface area (Å²) in [6, 6.07) is 4.18. The third-order valence-electron chi connectivity index (χ3n) is 3.79. The summed E-state index contributed by atoms with van der Waals surface area (Å²) in [5.41, 5.74) is 2.33. The molecule has 1 unspecified atom stereocenters. The maximum absolute atomic E-state index is 5.82. The summed E-state index contributed by atoms with van der Waals surface area (Å²) >= 11 is 0. The number of ether oxygens (including phenoxy) is 2. The fourth-order valence-electron chi connectivity index (χ4n) is 2.71. The van der Waals surface area contributed by atoms with E-state index in [1.807, 2.05) is 7.05 Å². The molecule has 1 atom stereocenters. The number of likely N-dealkylation sites (N-methyl/N-ethyl adjacent to an activating group) is 1. The molecule has 1 aromatic carbocycles. The number of hydrogen-bond acceptors (Lipinski definition) is 5. The van der Waals surface area contributed by atoms with Crippen LogP contribution in [0.1, 0.15) is 18.1 Å². The molecule has 0 amide bonds. The van der Waals surface area contributed by atoms with Crippen molar-refractivity contribution < 1.29 is 9.47 Å². The van der Waals surface area contributed by atoms with Crippen molar-refractivity contribution in [3.63, 3.8) is 0 Å². The van der Waals surface area contributed by atoms with E-state index in [4.69, 9.17) is 9.47 Å². The highest BCUT2D eigenvalue weighted by atomic mass is 16.5. The SMILES string of the molecule is COc1cc2c(cc1CNC1=NCCN1C)OC(C)C2. The summed E-state index contributed by atoms with van der Waals surface area (Å²) in [6.45, 7) is 4.62. The number of nitrogens with one attached hydrogen (secondary N) is 1. The van der Waals surface area contributed by atoms with Gasteiger partial charge in [-0.15, -0.1) is 0 Å². The minimum Gasteiger partial charge on any atom is -0.496 e. The topological polar surface area (TPSA) is 46.1 Å². The molecule has 2 heterocycles. The van der Waals surface area contributed by atoms with Gasteiger partial charge in [-0.2, -0.15) is 0 Å². The van der Waals surface area contributed by atoms with Crippen molar-refractivity contribution in [3.8, 4) is 11.5 Å². The van der Waals surface area contributed by atoms with Crippen LogP contribution in [0.15, 0.2) is 17.1 Å². The second-order valence-electron chi connectivity index (χ2n) is 5.38. The Labute approximate surface area is 119 Å². The summed E-state index contributed by atoms with van der Waals surface area (Å²) in [5.74, 6) is 2.84. The molecule has 5 nitrogen and oxygen atoms in total. The molecule has 0 fully saturated rings. The lowest BCUT2D eigenvalue weighted by molar-refractivity contribution is 0.254. The maximum atomic E-state index is 5.82. The molecule has 0 radical (unpaired) electrons. The van der Waals surface area contributed by atoms with E-state index in [-0.39, 0.29) is 6.10 Å². The van der Waals surface area contributed by atoms with E-state index in [1.165, 1.54) is 5.56 Å². The van der Waals surface area contributed by atoms with Crippen molar-refractivity contribution in [2.45, 2.75) is 26.0 Å². The normalized spacial score (nSPS) is 20.4. The predicted octanol–water partition coefficient (Wildman–Crippen LogP) is 1.41. The molecule has 0 aliphatic carbocycles. The van der Waals surface area contributed by atoms with Gasteiger partial charge in [-0.05, 0) is 19.1 Å². The molecule has 0 spiro atoms. The fourth-order valence-corrected chi connectivity index (χ4v) is 2.71. The van der Waals surface area contributed by atoms with Gasteiger partial charge in [0.1, 0.15) is 17.6 Å².